The molecule has 1 heterocycles. The van der Waals surface area contributed by atoms with Gasteiger partial charge in [-0.25, -0.2) is 13.1 Å². The van der Waals surface area contributed by atoms with E-state index in [1.807, 2.05) is 0 Å². The molecule has 1 atom stereocenters. The summed E-state index contributed by atoms with van der Waals surface area (Å²) in [7, 11) is -1.55. The molecule has 7 heteroatoms. The van der Waals surface area contributed by atoms with Crippen LogP contribution in [0.1, 0.15) is 19.4 Å². The summed E-state index contributed by atoms with van der Waals surface area (Å²) in [6.07, 6.45) is -0.503. The molecule has 0 saturated heterocycles. The molecule has 1 aromatic rings. The lowest BCUT2D eigenvalue weighted by Gasteiger charge is -2.30. The summed E-state index contributed by atoms with van der Waals surface area (Å²) in [5, 5.41) is 0. The molecule has 1 unspecified atom stereocenters. The summed E-state index contributed by atoms with van der Waals surface area (Å²) in [6.45, 7) is 3.48. The van der Waals surface area contributed by atoms with Crippen LogP contribution in [-0.2, 0) is 21.4 Å². The minimum absolute atomic E-state index is 0.0386. The molecule has 110 valence electrons. The van der Waals surface area contributed by atoms with Crippen molar-refractivity contribution in [3.05, 3.63) is 23.8 Å². The van der Waals surface area contributed by atoms with Crippen LogP contribution in [0.15, 0.2) is 18.2 Å². The molecule has 0 fully saturated rings. The van der Waals surface area contributed by atoms with Gasteiger partial charge in [0.25, 0.3) is 5.91 Å². The fourth-order valence-corrected chi connectivity index (χ4v) is 2.55. The minimum Gasteiger partial charge on any atom is -0.479 e. The molecule has 2 rings (SSSR count). The number of anilines is 1. The lowest BCUT2D eigenvalue weighted by Crippen LogP contribution is -2.42. The number of amides is 1. The Morgan fingerprint density at radius 3 is 2.75 bits per heavy atom. The van der Waals surface area contributed by atoms with E-state index in [1.165, 1.54) is 4.90 Å². The van der Waals surface area contributed by atoms with Crippen molar-refractivity contribution in [2.75, 3.05) is 17.7 Å². The lowest BCUT2D eigenvalue weighted by atomic mass is 10.1. The fourth-order valence-electron chi connectivity index (χ4n) is 1.96. The lowest BCUT2D eigenvalue weighted by molar-refractivity contribution is -0.125. The summed E-state index contributed by atoms with van der Waals surface area (Å²) in [5.41, 5.74) is 1.43. The number of nitrogens with zero attached hydrogens (tertiary/aromatic N) is 1. The highest BCUT2D eigenvalue weighted by molar-refractivity contribution is 7.89. The van der Waals surface area contributed by atoms with Crippen molar-refractivity contribution in [1.82, 2.24) is 4.72 Å². The number of fused-ring (bicyclic) bond motifs is 1. The number of likely N-dealkylation sites (N-methyl/N-ethyl adjacent to an activating group) is 1. The highest BCUT2D eigenvalue weighted by Crippen LogP contribution is 2.33. The zero-order chi connectivity index (χ0) is 14.9. The van der Waals surface area contributed by atoms with Gasteiger partial charge in [0.2, 0.25) is 10.0 Å². The summed E-state index contributed by atoms with van der Waals surface area (Å²) in [5.74, 6) is 0.544. The van der Waals surface area contributed by atoms with Gasteiger partial charge in [0.15, 0.2) is 6.10 Å². The first-order valence-corrected chi connectivity index (χ1v) is 8.04. The van der Waals surface area contributed by atoms with E-state index in [-0.39, 0.29) is 18.2 Å². The molecule has 0 saturated carbocycles. The van der Waals surface area contributed by atoms with E-state index in [4.69, 9.17) is 4.74 Å². The molecule has 0 spiro atoms. The third kappa shape index (κ3) is 2.94. The topological polar surface area (TPSA) is 75.7 Å². The molecule has 20 heavy (non-hydrogen) atoms. The van der Waals surface area contributed by atoms with Gasteiger partial charge in [-0.15, -0.1) is 0 Å². The van der Waals surface area contributed by atoms with Gasteiger partial charge in [-0.3, -0.25) is 4.79 Å². The zero-order valence-electron chi connectivity index (χ0n) is 11.7. The third-order valence-electron chi connectivity index (χ3n) is 3.24. The van der Waals surface area contributed by atoms with Crippen molar-refractivity contribution in [2.24, 2.45) is 0 Å². The van der Waals surface area contributed by atoms with Crippen LogP contribution in [0, 0.1) is 0 Å². The maximum atomic E-state index is 11.9. The zero-order valence-corrected chi connectivity index (χ0v) is 12.5. The van der Waals surface area contributed by atoms with Crippen LogP contribution < -0.4 is 14.4 Å². The molecule has 6 nitrogen and oxygen atoms in total. The van der Waals surface area contributed by atoms with Crippen LogP contribution in [0.2, 0.25) is 0 Å². The Hall–Kier alpha value is -1.60. The highest BCUT2D eigenvalue weighted by Gasteiger charge is 2.28. The van der Waals surface area contributed by atoms with E-state index in [0.29, 0.717) is 11.4 Å². The summed E-state index contributed by atoms with van der Waals surface area (Å²) < 4.78 is 30.8. The number of ether oxygens (including phenoxy) is 1. The number of rotatable bonds is 4. The van der Waals surface area contributed by atoms with Gasteiger partial charge in [0, 0.05) is 13.6 Å². The Labute approximate surface area is 118 Å². The van der Waals surface area contributed by atoms with Gasteiger partial charge in [-0.2, -0.15) is 0 Å². The standard InChI is InChI=1S/C13H18N2O4S/c1-4-20(17,18)14-8-10-5-6-12-11(7-10)15(3)13(16)9(2)19-12/h5-7,9,14H,4,8H2,1-3H3. The summed E-state index contributed by atoms with van der Waals surface area (Å²) in [4.78, 5) is 13.4. The van der Waals surface area contributed by atoms with Crippen molar-refractivity contribution in [2.45, 2.75) is 26.5 Å². The number of sulfonamides is 1. The second-order valence-corrected chi connectivity index (χ2v) is 6.78. The predicted octanol–water partition coefficient (Wildman–Crippen LogP) is 0.870. The Morgan fingerprint density at radius 1 is 1.40 bits per heavy atom. The monoisotopic (exact) mass is 298 g/mol. The molecule has 1 amide bonds. The van der Waals surface area contributed by atoms with Gasteiger partial charge in [-0.1, -0.05) is 6.07 Å². The second-order valence-electron chi connectivity index (χ2n) is 4.68. The van der Waals surface area contributed by atoms with Crippen molar-refractivity contribution < 1.29 is 17.9 Å². The maximum Gasteiger partial charge on any atom is 0.267 e. The number of benzene rings is 1. The van der Waals surface area contributed by atoms with Crippen molar-refractivity contribution in [3.8, 4) is 5.75 Å². The molecule has 0 radical (unpaired) electrons. The van der Waals surface area contributed by atoms with Gasteiger partial charge < -0.3 is 9.64 Å². The number of hydrogen-bond donors (Lipinski definition) is 1. The van der Waals surface area contributed by atoms with Gasteiger partial charge in [0.1, 0.15) is 5.75 Å². The predicted molar refractivity (Wildman–Crippen MR) is 76.2 cm³/mol. The first-order chi connectivity index (χ1) is 9.34. The Kier molecular flexibility index (Phi) is 4.01. The molecule has 1 aromatic carbocycles. The Bertz CT molecular complexity index is 627. The number of hydrogen-bond acceptors (Lipinski definition) is 4. The van der Waals surface area contributed by atoms with E-state index in [9.17, 15) is 13.2 Å². The van der Waals surface area contributed by atoms with Crippen LogP contribution >= 0.6 is 0 Å². The van der Waals surface area contributed by atoms with E-state index >= 15 is 0 Å². The quantitative estimate of drug-likeness (QED) is 0.895. The van der Waals surface area contributed by atoms with Gasteiger partial charge in [-0.05, 0) is 31.5 Å². The molecule has 0 aromatic heterocycles. The molecule has 1 aliphatic heterocycles. The largest absolute Gasteiger partial charge is 0.479 e. The molecular weight excluding hydrogens is 280 g/mol. The Morgan fingerprint density at radius 2 is 2.10 bits per heavy atom. The normalized spacial score (nSPS) is 18.6. The molecule has 0 bridgehead atoms. The SMILES string of the molecule is CCS(=O)(=O)NCc1ccc2c(c1)N(C)C(=O)C(C)O2. The number of carbonyl (C=O) groups excluding carboxylic acids is 1. The van der Waals surface area contributed by atoms with Crippen molar-refractivity contribution >= 4 is 21.6 Å². The summed E-state index contributed by atoms with van der Waals surface area (Å²) >= 11 is 0. The van der Waals surface area contributed by atoms with E-state index in [1.54, 1.807) is 39.1 Å². The van der Waals surface area contributed by atoms with E-state index < -0.39 is 16.1 Å². The number of nitrogens with one attached hydrogen (secondary N) is 1. The third-order valence-corrected chi connectivity index (χ3v) is 4.59. The maximum absolute atomic E-state index is 11.9. The second kappa shape index (κ2) is 5.41. The van der Waals surface area contributed by atoms with E-state index in [2.05, 4.69) is 4.72 Å². The average Bonchev–Trinajstić information content (AvgIpc) is 2.43. The summed E-state index contributed by atoms with van der Waals surface area (Å²) in [6, 6.07) is 5.30. The van der Waals surface area contributed by atoms with Crippen LogP contribution in [0.25, 0.3) is 0 Å². The molecule has 0 aliphatic carbocycles. The first-order valence-electron chi connectivity index (χ1n) is 6.38. The Balaban J connectivity index is 2.22. The van der Waals surface area contributed by atoms with E-state index in [0.717, 1.165) is 5.56 Å². The van der Waals surface area contributed by atoms with Crippen molar-refractivity contribution in [3.63, 3.8) is 0 Å². The smallest absolute Gasteiger partial charge is 0.267 e. The average molecular weight is 298 g/mol. The van der Waals surface area contributed by atoms with Crippen LogP contribution in [-0.4, -0.2) is 33.2 Å². The molecule has 1 aliphatic rings. The van der Waals surface area contributed by atoms with Crippen LogP contribution in [0.5, 0.6) is 5.75 Å². The van der Waals surface area contributed by atoms with Crippen LogP contribution in [0.3, 0.4) is 0 Å². The van der Waals surface area contributed by atoms with Crippen molar-refractivity contribution in [1.29, 1.82) is 0 Å². The number of carbonyl (C=O) groups is 1. The van der Waals surface area contributed by atoms with Gasteiger partial charge in [0.05, 0.1) is 11.4 Å². The fraction of sp³-hybridized carbons (Fsp3) is 0.462. The van der Waals surface area contributed by atoms with Gasteiger partial charge >= 0.3 is 0 Å². The molecule has 1 N–H and O–H groups in total. The minimum atomic E-state index is -3.23. The molecular formula is C13H18N2O4S. The highest BCUT2D eigenvalue weighted by atomic mass is 32.2. The van der Waals surface area contributed by atoms with Crippen LogP contribution in [0.4, 0.5) is 5.69 Å². The first kappa shape index (κ1) is 14.8.